The summed E-state index contributed by atoms with van der Waals surface area (Å²) in [7, 11) is 0. The molecule has 1 fully saturated rings. The van der Waals surface area contributed by atoms with Gasteiger partial charge in [-0.3, -0.25) is 9.69 Å². The Hall–Kier alpha value is -3.32. The summed E-state index contributed by atoms with van der Waals surface area (Å²) in [6, 6.07) is 15.4. The molecule has 3 heterocycles. The highest BCUT2D eigenvalue weighted by Crippen LogP contribution is 2.41. The van der Waals surface area contributed by atoms with Crippen molar-refractivity contribution in [1.29, 1.82) is 0 Å². The molecule has 4 aromatic rings. The molecule has 0 N–H and O–H groups in total. The Kier molecular flexibility index (Phi) is 4.44. The number of rotatable bonds is 3. The van der Waals surface area contributed by atoms with E-state index in [1.807, 2.05) is 48.5 Å². The van der Waals surface area contributed by atoms with Crippen LogP contribution in [0, 0.1) is 0 Å². The molecule has 0 unspecified atom stereocenters. The first kappa shape index (κ1) is 17.8. The zero-order chi connectivity index (χ0) is 19.8. The summed E-state index contributed by atoms with van der Waals surface area (Å²) >= 11 is 6.59. The molecule has 0 aliphatic carbocycles. The summed E-state index contributed by atoms with van der Waals surface area (Å²) in [5.41, 5.74) is 3.03. The minimum Gasteiger partial charge on any atom is -0.295 e. The Labute approximate surface area is 171 Å². The van der Waals surface area contributed by atoms with Crippen LogP contribution in [0.4, 0.5) is 5.82 Å². The summed E-state index contributed by atoms with van der Waals surface area (Å²) in [6.45, 7) is 0.605. The number of fused-ring (bicyclic) bond motifs is 1. The third kappa shape index (κ3) is 3.03. The van der Waals surface area contributed by atoms with E-state index in [-0.39, 0.29) is 5.91 Å². The van der Waals surface area contributed by atoms with Gasteiger partial charge in [0.25, 0.3) is 0 Å². The van der Waals surface area contributed by atoms with Crippen LogP contribution >= 0.6 is 11.6 Å². The predicted molar refractivity (Wildman–Crippen MR) is 111 cm³/mol. The number of benzene rings is 2. The minimum absolute atomic E-state index is 0.0468. The lowest BCUT2D eigenvalue weighted by Crippen LogP contribution is -2.37. The molecule has 1 aliphatic heterocycles. The highest BCUT2D eigenvalue weighted by molar-refractivity contribution is 6.34. The van der Waals surface area contributed by atoms with Crippen LogP contribution in [-0.2, 0) is 4.79 Å². The maximum absolute atomic E-state index is 12.8. The highest BCUT2D eigenvalue weighted by Gasteiger charge is 2.29. The van der Waals surface area contributed by atoms with E-state index >= 15 is 0 Å². The lowest BCUT2D eigenvalue weighted by molar-refractivity contribution is -0.119. The Bertz CT molecular complexity index is 1210. The Morgan fingerprint density at radius 2 is 1.83 bits per heavy atom. The number of aromatic nitrogens is 5. The molecule has 1 saturated heterocycles. The van der Waals surface area contributed by atoms with Crippen molar-refractivity contribution in [2.24, 2.45) is 0 Å². The number of piperidine rings is 1. The second kappa shape index (κ2) is 7.25. The van der Waals surface area contributed by atoms with Gasteiger partial charge in [0.1, 0.15) is 5.69 Å². The number of pyridine rings is 1. The van der Waals surface area contributed by atoms with Crippen molar-refractivity contribution in [2.45, 2.75) is 19.3 Å². The van der Waals surface area contributed by atoms with Crippen LogP contribution in [0.25, 0.3) is 27.7 Å². The largest absolute Gasteiger partial charge is 0.295 e. The number of carbonyl (C=O) groups is 1. The van der Waals surface area contributed by atoms with E-state index in [9.17, 15) is 4.79 Å². The Balaban J connectivity index is 1.92. The molecule has 1 aliphatic rings. The Morgan fingerprint density at radius 3 is 2.62 bits per heavy atom. The molecule has 5 rings (SSSR count). The van der Waals surface area contributed by atoms with Crippen molar-refractivity contribution >= 4 is 34.2 Å². The molecule has 7 nitrogen and oxygen atoms in total. The topological polar surface area (TPSA) is 76.8 Å². The van der Waals surface area contributed by atoms with E-state index in [1.165, 1.54) is 11.1 Å². The maximum atomic E-state index is 12.8. The summed E-state index contributed by atoms with van der Waals surface area (Å²) in [5, 5.41) is 13.8. The first-order valence-corrected chi connectivity index (χ1v) is 9.83. The van der Waals surface area contributed by atoms with Gasteiger partial charge in [-0.25, -0.2) is 4.98 Å². The van der Waals surface area contributed by atoms with Gasteiger partial charge in [0, 0.05) is 34.5 Å². The molecule has 0 radical (unpaired) electrons. The average Bonchev–Trinajstić information content (AvgIpc) is 3.28. The number of nitrogens with zero attached hydrogens (tertiary/aromatic N) is 6. The van der Waals surface area contributed by atoms with Gasteiger partial charge in [0.15, 0.2) is 12.1 Å². The fourth-order valence-corrected chi connectivity index (χ4v) is 4.03. The molecule has 1 amide bonds. The summed E-state index contributed by atoms with van der Waals surface area (Å²) in [6.07, 6.45) is 3.68. The standard InChI is InChI=1S/C21H17ClN6O/c22-16-9-3-1-7-14(16)19-15-8-2-4-10-17(15)25-21(20(19)28-24-13-23-26-28)27-12-6-5-11-18(27)29/h1-4,7-10,13H,5-6,11-12H2. The van der Waals surface area contributed by atoms with Crippen molar-refractivity contribution in [3.05, 3.63) is 59.9 Å². The lowest BCUT2D eigenvalue weighted by atomic mass is 9.98. The minimum atomic E-state index is 0.0468. The monoisotopic (exact) mass is 404 g/mol. The number of hydrogen-bond donors (Lipinski definition) is 0. The molecule has 2 aromatic heterocycles. The number of carbonyl (C=O) groups excluding carboxylic acids is 1. The van der Waals surface area contributed by atoms with E-state index in [2.05, 4.69) is 15.4 Å². The smallest absolute Gasteiger partial charge is 0.228 e. The molecule has 0 bridgehead atoms. The molecule has 0 spiro atoms. The SMILES string of the molecule is O=C1CCCCN1c1nc2ccccc2c(-c2ccccc2Cl)c1-n1ncnn1. The maximum Gasteiger partial charge on any atom is 0.228 e. The number of amides is 1. The molecule has 0 saturated carbocycles. The van der Waals surface area contributed by atoms with Crippen LogP contribution in [0.15, 0.2) is 54.9 Å². The van der Waals surface area contributed by atoms with Crippen molar-refractivity contribution < 1.29 is 4.79 Å². The van der Waals surface area contributed by atoms with Crippen molar-refractivity contribution in [2.75, 3.05) is 11.4 Å². The predicted octanol–water partition coefficient (Wildman–Crippen LogP) is 4.05. The second-order valence-electron chi connectivity index (χ2n) is 6.88. The normalized spacial score (nSPS) is 14.5. The van der Waals surface area contributed by atoms with Crippen LogP contribution in [0.1, 0.15) is 19.3 Å². The zero-order valence-electron chi connectivity index (χ0n) is 15.5. The molecule has 0 atom stereocenters. The zero-order valence-corrected chi connectivity index (χ0v) is 16.3. The quantitative estimate of drug-likeness (QED) is 0.515. The van der Waals surface area contributed by atoms with E-state index in [4.69, 9.17) is 16.6 Å². The third-order valence-electron chi connectivity index (χ3n) is 5.12. The molecule has 29 heavy (non-hydrogen) atoms. The summed E-state index contributed by atoms with van der Waals surface area (Å²) in [5.74, 6) is 0.576. The van der Waals surface area contributed by atoms with Crippen LogP contribution in [0.3, 0.4) is 0 Å². The summed E-state index contributed by atoms with van der Waals surface area (Å²) in [4.78, 5) is 20.8. The summed E-state index contributed by atoms with van der Waals surface area (Å²) < 4.78 is 0. The van der Waals surface area contributed by atoms with Crippen molar-refractivity contribution in [3.63, 3.8) is 0 Å². The van der Waals surface area contributed by atoms with E-state index in [0.717, 1.165) is 34.9 Å². The average molecular weight is 405 g/mol. The second-order valence-corrected chi connectivity index (χ2v) is 7.29. The lowest BCUT2D eigenvalue weighted by Gasteiger charge is -2.28. The number of anilines is 1. The van der Waals surface area contributed by atoms with E-state index in [0.29, 0.717) is 29.5 Å². The molecule has 2 aromatic carbocycles. The van der Waals surface area contributed by atoms with Gasteiger partial charge >= 0.3 is 0 Å². The van der Waals surface area contributed by atoms with Gasteiger partial charge in [0.2, 0.25) is 5.91 Å². The molecular formula is C21H17ClN6O. The van der Waals surface area contributed by atoms with Gasteiger partial charge in [-0.15, -0.1) is 15.0 Å². The van der Waals surface area contributed by atoms with Gasteiger partial charge in [-0.1, -0.05) is 48.0 Å². The fraction of sp³-hybridized carbons (Fsp3) is 0.190. The van der Waals surface area contributed by atoms with Crippen LogP contribution in [0.2, 0.25) is 5.02 Å². The molecule has 8 heteroatoms. The van der Waals surface area contributed by atoms with E-state index in [1.54, 1.807) is 4.90 Å². The molecular weight excluding hydrogens is 388 g/mol. The number of halogens is 1. The van der Waals surface area contributed by atoms with Crippen molar-refractivity contribution in [3.8, 4) is 16.8 Å². The Morgan fingerprint density at radius 1 is 1.00 bits per heavy atom. The first-order chi connectivity index (χ1) is 14.2. The van der Waals surface area contributed by atoms with Gasteiger partial charge < -0.3 is 0 Å². The van der Waals surface area contributed by atoms with Crippen LogP contribution in [0.5, 0.6) is 0 Å². The van der Waals surface area contributed by atoms with Crippen molar-refractivity contribution in [1.82, 2.24) is 25.2 Å². The van der Waals surface area contributed by atoms with Crippen LogP contribution in [-0.4, -0.2) is 37.6 Å². The van der Waals surface area contributed by atoms with Gasteiger partial charge in [-0.2, -0.15) is 0 Å². The van der Waals surface area contributed by atoms with E-state index < -0.39 is 0 Å². The fourth-order valence-electron chi connectivity index (χ4n) is 3.80. The number of para-hydroxylation sites is 1. The van der Waals surface area contributed by atoms with Gasteiger partial charge in [-0.05, 0) is 30.2 Å². The van der Waals surface area contributed by atoms with Crippen LogP contribution < -0.4 is 4.90 Å². The van der Waals surface area contributed by atoms with Gasteiger partial charge in [0.05, 0.1) is 5.52 Å². The third-order valence-corrected chi connectivity index (χ3v) is 5.45. The highest BCUT2D eigenvalue weighted by atomic mass is 35.5. The number of tetrazole rings is 1. The number of hydrogen-bond acceptors (Lipinski definition) is 5. The molecule has 144 valence electrons. The first-order valence-electron chi connectivity index (χ1n) is 9.45.